The van der Waals surface area contributed by atoms with E-state index < -0.39 is 5.91 Å². The van der Waals surface area contributed by atoms with Gasteiger partial charge in [0.05, 0.1) is 16.7 Å². The lowest BCUT2D eigenvalue weighted by Gasteiger charge is -2.20. The quantitative estimate of drug-likeness (QED) is 0.177. The van der Waals surface area contributed by atoms with Crippen LogP contribution in [0.2, 0.25) is 0 Å². The summed E-state index contributed by atoms with van der Waals surface area (Å²) in [6, 6.07) is 17.8. The molecular weight excluding hydrogens is 628 g/mol. The molecule has 10 heteroatoms. The van der Waals surface area contributed by atoms with Crippen LogP contribution in [0.1, 0.15) is 54.5 Å². The lowest BCUT2D eigenvalue weighted by atomic mass is 10.0. The summed E-state index contributed by atoms with van der Waals surface area (Å²) < 4.78 is 18.7. The van der Waals surface area contributed by atoms with Gasteiger partial charge in [-0.3, -0.25) is 10.2 Å². The van der Waals surface area contributed by atoms with Gasteiger partial charge in [0, 0.05) is 5.56 Å². The molecular formula is C33H33BrN4O4S. The van der Waals surface area contributed by atoms with Gasteiger partial charge in [-0.1, -0.05) is 55.8 Å². The number of hydrogen-bond acceptors (Lipinski definition) is 7. The number of fused-ring (bicyclic) bond motifs is 1. The number of benzene rings is 3. The molecule has 0 spiro atoms. The average molecular weight is 662 g/mol. The number of amidine groups is 2. The number of amides is 1. The average Bonchev–Trinajstić information content (AvgIpc) is 3.39. The summed E-state index contributed by atoms with van der Waals surface area (Å²) in [6.45, 7) is 11.3. The maximum atomic E-state index is 13.0. The molecule has 2 aliphatic heterocycles. The predicted molar refractivity (Wildman–Crippen MR) is 177 cm³/mol. The fraction of sp³-hybridized carbons (Fsp3) is 0.273. The summed E-state index contributed by atoms with van der Waals surface area (Å²) in [5.74, 6) is 1.73. The van der Waals surface area contributed by atoms with Crippen LogP contribution in [0.5, 0.6) is 17.2 Å². The summed E-state index contributed by atoms with van der Waals surface area (Å²) in [7, 11) is 0. The number of thioether (sulfide) groups is 1. The molecule has 0 aliphatic carbocycles. The number of aliphatic imine (C=N–C) groups is 1. The Kier molecular flexibility index (Phi) is 9.37. The highest BCUT2D eigenvalue weighted by molar-refractivity contribution is 9.10. The molecule has 3 aromatic carbocycles. The maximum absolute atomic E-state index is 13.0. The van der Waals surface area contributed by atoms with E-state index in [-0.39, 0.29) is 11.4 Å². The van der Waals surface area contributed by atoms with Crippen LogP contribution in [0.4, 0.5) is 0 Å². The highest BCUT2D eigenvalue weighted by Gasteiger charge is 2.36. The molecule has 2 heterocycles. The van der Waals surface area contributed by atoms with Crippen molar-refractivity contribution >= 4 is 55.7 Å². The third kappa shape index (κ3) is 6.86. The number of hydrazone groups is 1. The van der Waals surface area contributed by atoms with Crippen LogP contribution in [0, 0.1) is 19.3 Å². The first-order valence-corrected chi connectivity index (χ1v) is 15.6. The van der Waals surface area contributed by atoms with Crippen molar-refractivity contribution < 1.29 is 19.0 Å². The second-order valence-corrected chi connectivity index (χ2v) is 12.3. The topological polar surface area (TPSA) is 96.6 Å². The molecule has 0 saturated carbocycles. The molecule has 0 bridgehead atoms. The Morgan fingerprint density at radius 2 is 1.70 bits per heavy atom. The van der Waals surface area contributed by atoms with Gasteiger partial charge in [0.1, 0.15) is 24.0 Å². The molecule has 0 aromatic heterocycles. The number of rotatable bonds is 10. The van der Waals surface area contributed by atoms with Gasteiger partial charge in [-0.2, -0.15) is 15.1 Å². The second-order valence-electron chi connectivity index (χ2n) is 10.4. The van der Waals surface area contributed by atoms with E-state index in [1.54, 1.807) is 12.1 Å². The molecule has 0 saturated heterocycles. The van der Waals surface area contributed by atoms with Gasteiger partial charge in [-0.25, -0.2) is 0 Å². The number of nitrogens with one attached hydrogen (secondary N) is 1. The van der Waals surface area contributed by atoms with Gasteiger partial charge < -0.3 is 14.2 Å². The number of carbonyl (C=O) groups is 1. The lowest BCUT2D eigenvalue weighted by molar-refractivity contribution is -0.114. The zero-order chi connectivity index (χ0) is 30.7. The third-order valence-corrected chi connectivity index (χ3v) is 8.32. The van der Waals surface area contributed by atoms with Crippen molar-refractivity contribution in [3.05, 3.63) is 92.5 Å². The number of halogens is 1. The van der Waals surface area contributed by atoms with E-state index in [2.05, 4.69) is 52.0 Å². The standard InChI is InChI=1S/C33H33BrN4O4S/c1-6-40-28-18-22(17-26(34)29(28)42-14-13-41-27-15-21(5)9-12-24(27)19(2)3)16-25-30(35)38-33(36-31(25)39)43-32(37-38)23-10-7-20(4)8-11-23/h7-12,15-19,35H,6,13-14H2,1-5H3/b25-16-,35-30?. The van der Waals surface area contributed by atoms with Gasteiger partial charge in [0.15, 0.2) is 17.3 Å². The second kappa shape index (κ2) is 13.2. The summed E-state index contributed by atoms with van der Waals surface area (Å²) >= 11 is 4.88. The van der Waals surface area contributed by atoms with Crippen LogP contribution in [-0.4, -0.2) is 46.8 Å². The van der Waals surface area contributed by atoms with Crippen LogP contribution < -0.4 is 14.2 Å². The predicted octanol–water partition coefficient (Wildman–Crippen LogP) is 7.71. The van der Waals surface area contributed by atoms with Crippen molar-refractivity contribution in [1.29, 1.82) is 5.41 Å². The molecule has 0 radical (unpaired) electrons. The van der Waals surface area contributed by atoms with E-state index in [4.69, 9.17) is 19.6 Å². The zero-order valence-electron chi connectivity index (χ0n) is 24.7. The molecule has 222 valence electrons. The van der Waals surface area contributed by atoms with Gasteiger partial charge in [0.2, 0.25) is 5.17 Å². The minimum Gasteiger partial charge on any atom is -0.490 e. The van der Waals surface area contributed by atoms with Crippen molar-refractivity contribution in [2.24, 2.45) is 10.1 Å². The smallest absolute Gasteiger partial charge is 0.283 e. The van der Waals surface area contributed by atoms with Gasteiger partial charge in [0.25, 0.3) is 5.91 Å². The Hall–Kier alpha value is -3.89. The van der Waals surface area contributed by atoms with Crippen molar-refractivity contribution in [1.82, 2.24) is 5.01 Å². The largest absolute Gasteiger partial charge is 0.490 e. The highest BCUT2D eigenvalue weighted by Crippen LogP contribution is 2.38. The molecule has 3 aromatic rings. The lowest BCUT2D eigenvalue weighted by Crippen LogP contribution is -2.35. The van der Waals surface area contributed by atoms with E-state index in [9.17, 15) is 4.79 Å². The monoisotopic (exact) mass is 660 g/mol. The minimum absolute atomic E-state index is 0.0342. The molecule has 0 unspecified atom stereocenters. The minimum atomic E-state index is -0.493. The van der Waals surface area contributed by atoms with Crippen LogP contribution in [-0.2, 0) is 4.79 Å². The first-order chi connectivity index (χ1) is 20.6. The van der Waals surface area contributed by atoms with Crippen molar-refractivity contribution in [3.63, 3.8) is 0 Å². The zero-order valence-corrected chi connectivity index (χ0v) is 27.1. The number of aryl methyl sites for hydroxylation is 2. The number of nitrogens with zero attached hydrogens (tertiary/aromatic N) is 3. The normalized spacial score (nSPS) is 15.5. The molecule has 5 rings (SSSR count). The summed E-state index contributed by atoms with van der Waals surface area (Å²) in [6.07, 6.45) is 1.63. The Morgan fingerprint density at radius 1 is 0.977 bits per heavy atom. The highest BCUT2D eigenvalue weighted by atomic mass is 79.9. The third-order valence-electron chi connectivity index (χ3n) is 6.77. The Bertz CT molecular complexity index is 1660. The van der Waals surface area contributed by atoms with Crippen LogP contribution >= 0.6 is 27.7 Å². The van der Waals surface area contributed by atoms with Crippen molar-refractivity contribution in [2.75, 3.05) is 19.8 Å². The molecule has 8 nitrogen and oxygen atoms in total. The Balaban J connectivity index is 1.33. The molecule has 1 N–H and O–H groups in total. The Labute approximate surface area is 264 Å². The van der Waals surface area contributed by atoms with E-state index in [1.807, 2.05) is 57.2 Å². The fourth-order valence-corrected chi connectivity index (χ4v) is 6.06. The molecule has 1 amide bonds. The van der Waals surface area contributed by atoms with E-state index in [1.165, 1.54) is 16.8 Å². The molecule has 2 aliphatic rings. The van der Waals surface area contributed by atoms with Crippen LogP contribution in [0.3, 0.4) is 0 Å². The van der Waals surface area contributed by atoms with Gasteiger partial charge in [-0.15, -0.1) is 0 Å². The number of ether oxygens (including phenoxy) is 3. The van der Waals surface area contributed by atoms with E-state index in [0.29, 0.717) is 57.5 Å². The fourth-order valence-electron chi connectivity index (χ4n) is 4.58. The molecule has 0 atom stereocenters. The van der Waals surface area contributed by atoms with Gasteiger partial charge in [-0.05, 0) is 95.3 Å². The maximum Gasteiger partial charge on any atom is 0.283 e. The summed E-state index contributed by atoms with van der Waals surface area (Å²) in [5.41, 5.74) is 5.13. The number of carbonyl (C=O) groups excluding carboxylic acids is 1. The first-order valence-electron chi connectivity index (χ1n) is 14.0. The van der Waals surface area contributed by atoms with Crippen molar-refractivity contribution in [3.8, 4) is 17.2 Å². The summed E-state index contributed by atoms with van der Waals surface area (Å²) in [4.78, 5) is 17.2. The first kappa shape index (κ1) is 30.6. The van der Waals surface area contributed by atoms with Gasteiger partial charge >= 0.3 is 0 Å². The number of hydrogen-bond donors (Lipinski definition) is 1. The van der Waals surface area contributed by atoms with E-state index in [0.717, 1.165) is 28.0 Å². The van der Waals surface area contributed by atoms with Crippen LogP contribution in [0.25, 0.3) is 6.08 Å². The van der Waals surface area contributed by atoms with Crippen molar-refractivity contribution in [2.45, 2.75) is 40.5 Å². The summed E-state index contributed by atoms with van der Waals surface area (Å²) in [5, 5.41) is 15.8. The van der Waals surface area contributed by atoms with E-state index >= 15 is 0 Å². The molecule has 0 fully saturated rings. The van der Waals surface area contributed by atoms with Crippen LogP contribution in [0.15, 0.2) is 74.7 Å². The molecule has 43 heavy (non-hydrogen) atoms. The SMILES string of the molecule is CCOc1cc(/C=C2/C(=N)N3N=C(c4ccc(C)cc4)SC3=NC2=O)cc(Br)c1OCCOc1cc(C)ccc1C(C)C. The Morgan fingerprint density at radius 3 is 2.42 bits per heavy atom.